The van der Waals surface area contributed by atoms with Gasteiger partial charge < -0.3 is 15.4 Å². The summed E-state index contributed by atoms with van der Waals surface area (Å²) in [6.45, 7) is 2.35. The largest absolute Gasteiger partial charge is 0.378 e. The number of nitrogens with one attached hydrogen (secondary N) is 2. The molecule has 2 N–H and O–H groups in total. The minimum Gasteiger partial charge on any atom is -0.378 e. The zero-order valence-electron chi connectivity index (χ0n) is 9.05. The zero-order chi connectivity index (χ0) is 10.5. The number of halogens is 2. The minimum absolute atomic E-state index is 0. The summed E-state index contributed by atoms with van der Waals surface area (Å²) in [5.74, 6) is -0.0232. The molecule has 17 heavy (non-hydrogen) atoms. The van der Waals surface area contributed by atoms with Gasteiger partial charge >= 0.3 is 0 Å². The molecule has 0 aromatic carbocycles. The third-order valence-corrected chi connectivity index (χ3v) is 2.92. The van der Waals surface area contributed by atoms with Gasteiger partial charge in [-0.15, -0.1) is 36.2 Å². The van der Waals surface area contributed by atoms with Gasteiger partial charge in [0.15, 0.2) is 0 Å². The Morgan fingerprint density at radius 3 is 3.06 bits per heavy atom. The molecule has 1 aliphatic heterocycles. The summed E-state index contributed by atoms with van der Waals surface area (Å²) in [5, 5.41) is 8.73. The molecular formula is C9H15Cl2N3O2S. The highest BCUT2D eigenvalue weighted by atomic mass is 35.5. The summed E-state index contributed by atoms with van der Waals surface area (Å²) in [5.41, 5.74) is 0. The Balaban J connectivity index is 0.00000128. The van der Waals surface area contributed by atoms with Crippen LogP contribution in [-0.4, -0.2) is 36.7 Å². The number of nitrogens with zero attached hydrogens (tertiary/aromatic N) is 1. The molecule has 0 saturated carbocycles. The fourth-order valence-electron chi connectivity index (χ4n) is 1.36. The van der Waals surface area contributed by atoms with Crippen molar-refractivity contribution in [2.75, 3.05) is 19.8 Å². The van der Waals surface area contributed by atoms with E-state index in [1.807, 2.05) is 5.38 Å². The van der Waals surface area contributed by atoms with Crippen LogP contribution in [0, 0.1) is 0 Å². The van der Waals surface area contributed by atoms with Crippen LogP contribution < -0.4 is 10.6 Å². The Hall–Kier alpha value is -0.400. The Kier molecular flexibility index (Phi) is 8.45. The van der Waals surface area contributed by atoms with E-state index in [1.54, 1.807) is 6.20 Å². The number of thiazole rings is 1. The number of amides is 1. The first kappa shape index (κ1) is 16.6. The summed E-state index contributed by atoms with van der Waals surface area (Å²) < 4.78 is 5.20. The fourth-order valence-corrected chi connectivity index (χ4v) is 1.92. The number of hydrogen-bond acceptors (Lipinski definition) is 5. The SMILES string of the molecule is Cl.Cl.O=C(NCc1nccs1)C1COCCN1. The Labute approximate surface area is 116 Å². The Morgan fingerprint density at radius 2 is 2.47 bits per heavy atom. The molecule has 0 bridgehead atoms. The molecule has 1 aromatic rings. The molecule has 5 nitrogen and oxygen atoms in total. The van der Waals surface area contributed by atoms with Crippen LogP contribution in [0.2, 0.25) is 0 Å². The predicted molar refractivity (Wildman–Crippen MR) is 71.1 cm³/mol. The van der Waals surface area contributed by atoms with E-state index in [2.05, 4.69) is 15.6 Å². The van der Waals surface area contributed by atoms with Crippen molar-refractivity contribution in [3.05, 3.63) is 16.6 Å². The molecule has 0 aliphatic carbocycles. The number of carbonyl (C=O) groups is 1. The standard InChI is InChI=1S/C9H13N3O2S.2ClH/c13-9(7-6-14-3-1-10-7)12-5-8-11-2-4-15-8;;/h2,4,7,10H,1,3,5-6H2,(H,12,13);2*1H. The van der Waals surface area contributed by atoms with Crippen LogP contribution in [0.4, 0.5) is 0 Å². The molecule has 98 valence electrons. The van der Waals surface area contributed by atoms with Gasteiger partial charge in [0.1, 0.15) is 11.0 Å². The molecule has 0 radical (unpaired) electrons. The fraction of sp³-hybridized carbons (Fsp3) is 0.556. The van der Waals surface area contributed by atoms with Crippen LogP contribution in [0.25, 0.3) is 0 Å². The first-order valence-electron chi connectivity index (χ1n) is 4.83. The lowest BCUT2D eigenvalue weighted by atomic mass is 10.2. The average molecular weight is 300 g/mol. The van der Waals surface area contributed by atoms with E-state index in [9.17, 15) is 4.79 Å². The normalized spacial score (nSPS) is 18.7. The lowest BCUT2D eigenvalue weighted by Gasteiger charge is -2.22. The molecule has 1 unspecified atom stereocenters. The van der Waals surface area contributed by atoms with Gasteiger partial charge in [-0.3, -0.25) is 4.79 Å². The van der Waals surface area contributed by atoms with Crippen molar-refractivity contribution in [3.8, 4) is 0 Å². The number of hydrogen-bond donors (Lipinski definition) is 2. The van der Waals surface area contributed by atoms with Gasteiger partial charge in [0.05, 0.1) is 19.8 Å². The molecule has 2 heterocycles. The van der Waals surface area contributed by atoms with E-state index in [1.165, 1.54) is 11.3 Å². The van der Waals surface area contributed by atoms with Crippen molar-refractivity contribution in [1.29, 1.82) is 0 Å². The second-order valence-corrected chi connectivity index (χ2v) is 4.20. The van der Waals surface area contributed by atoms with Crippen molar-refractivity contribution < 1.29 is 9.53 Å². The van der Waals surface area contributed by atoms with E-state index >= 15 is 0 Å². The highest BCUT2D eigenvalue weighted by molar-refractivity contribution is 7.09. The lowest BCUT2D eigenvalue weighted by Crippen LogP contribution is -2.51. The van der Waals surface area contributed by atoms with Crippen molar-refractivity contribution in [1.82, 2.24) is 15.6 Å². The first-order chi connectivity index (χ1) is 7.36. The third kappa shape index (κ3) is 5.18. The molecule has 1 aliphatic rings. The monoisotopic (exact) mass is 299 g/mol. The number of carbonyl (C=O) groups excluding carboxylic acids is 1. The van der Waals surface area contributed by atoms with E-state index in [-0.39, 0.29) is 36.8 Å². The van der Waals surface area contributed by atoms with Gasteiger partial charge in [-0.25, -0.2) is 4.98 Å². The van der Waals surface area contributed by atoms with E-state index in [4.69, 9.17) is 4.74 Å². The summed E-state index contributed by atoms with van der Waals surface area (Å²) >= 11 is 1.53. The maximum Gasteiger partial charge on any atom is 0.239 e. The number of morpholine rings is 1. The molecule has 1 fully saturated rings. The van der Waals surface area contributed by atoms with E-state index < -0.39 is 0 Å². The maximum absolute atomic E-state index is 11.6. The van der Waals surface area contributed by atoms with Gasteiger partial charge in [-0.2, -0.15) is 0 Å². The van der Waals surface area contributed by atoms with Gasteiger partial charge in [-0.1, -0.05) is 0 Å². The number of rotatable bonds is 3. The number of ether oxygens (including phenoxy) is 1. The predicted octanol–water partition coefficient (Wildman–Crippen LogP) is 0.591. The first-order valence-corrected chi connectivity index (χ1v) is 5.71. The second kappa shape index (κ2) is 8.66. The van der Waals surface area contributed by atoms with Crippen molar-refractivity contribution in [2.24, 2.45) is 0 Å². The maximum atomic E-state index is 11.6. The molecule has 8 heteroatoms. The quantitative estimate of drug-likeness (QED) is 0.858. The summed E-state index contributed by atoms with van der Waals surface area (Å²) in [7, 11) is 0. The summed E-state index contributed by atoms with van der Waals surface area (Å²) in [4.78, 5) is 15.7. The molecule has 0 spiro atoms. The highest BCUT2D eigenvalue weighted by Crippen LogP contribution is 2.03. The van der Waals surface area contributed by atoms with Gasteiger partial charge in [-0.05, 0) is 0 Å². The molecule has 2 rings (SSSR count). The highest BCUT2D eigenvalue weighted by Gasteiger charge is 2.20. The van der Waals surface area contributed by atoms with E-state index in [0.717, 1.165) is 11.6 Å². The Morgan fingerprint density at radius 1 is 1.65 bits per heavy atom. The van der Waals surface area contributed by atoms with Gasteiger partial charge in [0.2, 0.25) is 5.91 Å². The average Bonchev–Trinajstić information content (AvgIpc) is 2.80. The van der Waals surface area contributed by atoms with Crippen LogP contribution in [0.5, 0.6) is 0 Å². The number of aromatic nitrogens is 1. The second-order valence-electron chi connectivity index (χ2n) is 3.23. The van der Waals surface area contributed by atoms with Gasteiger partial charge in [0.25, 0.3) is 0 Å². The third-order valence-electron chi connectivity index (χ3n) is 2.14. The van der Waals surface area contributed by atoms with Crippen LogP contribution in [0.3, 0.4) is 0 Å². The lowest BCUT2D eigenvalue weighted by molar-refractivity contribution is -0.126. The molecule has 1 saturated heterocycles. The van der Waals surface area contributed by atoms with Crippen molar-refractivity contribution in [3.63, 3.8) is 0 Å². The topological polar surface area (TPSA) is 63.2 Å². The molecular weight excluding hydrogens is 285 g/mol. The van der Waals surface area contributed by atoms with Crippen LogP contribution in [0.15, 0.2) is 11.6 Å². The molecule has 1 atom stereocenters. The Bertz CT molecular complexity index is 318. The molecule has 1 aromatic heterocycles. The van der Waals surface area contributed by atoms with E-state index in [0.29, 0.717) is 19.8 Å². The zero-order valence-corrected chi connectivity index (χ0v) is 11.5. The van der Waals surface area contributed by atoms with Crippen molar-refractivity contribution in [2.45, 2.75) is 12.6 Å². The van der Waals surface area contributed by atoms with Gasteiger partial charge in [0, 0.05) is 18.1 Å². The summed E-state index contributed by atoms with van der Waals surface area (Å²) in [6.07, 6.45) is 1.73. The smallest absolute Gasteiger partial charge is 0.239 e. The summed E-state index contributed by atoms with van der Waals surface area (Å²) in [6, 6.07) is -0.223. The van der Waals surface area contributed by atoms with Crippen LogP contribution in [0.1, 0.15) is 5.01 Å². The van der Waals surface area contributed by atoms with Crippen LogP contribution in [-0.2, 0) is 16.1 Å². The van der Waals surface area contributed by atoms with Crippen LogP contribution >= 0.6 is 36.2 Å². The van der Waals surface area contributed by atoms with Crippen molar-refractivity contribution >= 4 is 42.1 Å². The molecule has 1 amide bonds. The minimum atomic E-state index is -0.223.